The highest BCUT2D eigenvalue weighted by atomic mass is 16.3. The third kappa shape index (κ3) is 6.46. The standard InChI is InChI=1S/C22H40N2O2/c1-6-7-8-9-10-11-12-13-14-15-16-23(4)22(26)21-19(3)24(5)18(2)20(21)17-25/h25H,6-17H2,1-5H3. The summed E-state index contributed by atoms with van der Waals surface area (Å²) in [5, 5.41) is 9.65. The van der Waals surface area contributed by atoms with Gasteiger partial charge in [-0.3, -0.25) is 4.79 Å². The van der Waals surface area contributed by atoms with E-state index in [1.54, 1.807) is 0 Å². The zero-order valence-electron chi connectivity index (χ0n) is 17.7. The van der Waals surface area contributed by atoms with Gasteiger partial charge in [0.2, 0.25) is 0 Å². The van der Waals surface area contributed by atoms with Crippen LogP contribution < -0.4 is 0 Å². The van der Waals surface area contributed by atoms with Gasteiger partial charge in [-0.15, -0.1) is 0 Å². The fraction of sp³-hybridized carbons (Fsp3) is 0.773. The van der Waals surface area contributed by atoms with Gasteiger partial charge in [0.15, 0.2) is 0 Å². The van der Waals surface area contributed by atoms with Gasteiger partial charge in [-0.05, 0) is 20.3 Å². The Morgan fingerprint density at radius 2 is 1.42 bits per heavy atom. The second kappa shape index (κ2) is 12.2. The van der Waals surface area contributed by atoms with Crippen LogP contribution in [-0.2, 0) is 13.7 Å². The number of amides is 1. The Balaban J connectivity index is 2.31. The summed E-state index contributed by atoms with van der Waals surface area (Å²) in [4.78, 5) is 14.6. The Kier molecular flexibility index (Phi) is 10.6. The molecule has 1 aromatic rings. The summed E-state index contributed by atoms with van der Waals surface area (Å²) < 4.78 is 1.99. The van der Waals surface area contributed by atoms with Gasteiger partial charge in [0.05, 0.1) is 12.2 Å². The van der Waals surface area contributed by atoms with Crippen LogP contribution in [0.4, 0.5) is 0 Å². The van der Waals surface area contributed by atoms with Crippen LogP contribution in [0, 0.1) is 13.8 Å². The minimum Gasteiger partial charge on any atom is -0.392 e. The summed E-state index contributed by atoms with van der Waals surface area (Å²) in [6.07, 6.45) is 13.0. The van der Waals surface area contributed by atoms with Crippen LogP contribution in [0.2, 0.25) is 0 Å². The zero-order chi connectivity index (χ0) is 19.5. The Hall–Kier alpha value is -1.29. The smallest absolute Gasteiger partial charge is 0.255 e. The molecule has 0 aliphatic carbocycles. The molecule has 4 nitrogen and oxygen atoms in total. The Labute approximate surface area is 160 Å². The van der Waals surface area contributed by atoms with Crippen molar-refractivity contribution in [2.45, 2.75) is 91.6 Å². The molecule has 0 unspecified atom stereocenters. The van der Waals surface area contributed by atoms with E-state index >= 15 is 0 Å². The topological polar surface area (TPSA) is 45.5 Å². The quantitative estimate of drug-likeness (QED) is 0.493. The Bertz CT molecular complexity index is 549. The number of carbonyl (C=O) groups is 1. The minimum atomic E-state index is -0.0827. The maximum absolute atomic E-state index is 12.8. The predicted octanol–water partition coefficient (Wildman–Crippen LogP) is 5.13. The molecular weight excluding hydrogens is 324 g/mol. The van der Waals surface area contributed by atoms with E-state index in [9.17, 15) is 9.90 Å². The molecule has 150 valence electrons. The van der Waals surface area contributed by atoms with Crippen LogP contribution in [0.15, 0.2) is 0 Å². The molecule has 0 aromatic carbocycles. The molecule has 1 N–H and O–H groups in total. The van der Waals surface area contributed by atoms with Crippen molar-refractivity contribution in [1.82, 2.24) is 9.47 Å². The first-order chi connectivity index (χ1) is 12.5. The fourth-order valence-corrected chi connectivity index (χ4v) is 3.63. The molecule has 0 bridgehead atoms. The third-order valence-electron chi connectivity index (χ3n) is 5.67. The van der Waals surface area contributed by atoms with Gasteiger partial charge in [0.1, 0.15) is 0 Å². The van der Waals surface area contributed by atoms with Gasteiger partial charge in [0.25, 0.3) is 5.91 Å². The number of carbonyl (C=O) groups excluding carboxylic acids is 1. The Morgan fingerprint density at radius 3 is 1.92 bits per heavy atom. The molecule has 4 heteroatoms. The van der Waals surface area contributed by atoms with E-state index in [4.69, 9.17) is 0 Å². The zero-order valence-corrected chi connectivity index (χ0v) is 17.7. The summed E-state index contributed by atoms with van der Waals surface area (Å²) in [7, 11) is 3.82. The van der Waals surface area contributed by atoms with Crippen molar-refractivity contribution in [2.24, 2.45) is 7.05 Å². The lowest BCUT2D eigenvalue weighted by Gasteiger charge is -2.18. The maximum atomic E-state index is 12.8. The van der Waals surface area contributed by atoms with Crippen LogP contribution in [-0.4, -0.2) is 34.1 Å². The van der Waals surface area contributed by atoms with Crippen LogP contribution in [0.3, 0.4) is 0 Å². The SMILES string of the molecule is CCCCCCCCCCCCN(C)C(=O)c1c(CO)c(C)n(C)c1C. The third-order valence-corrected chi connectivity index (χ3v) is 5.67. The van der Waals surface area contributed by atoms with E-state index in [0.29, 0.717) is 5.56 Å². The molecule has 0 spiro atoms. The first-order valence-corrected chi connectivity index (χ1v) is 10.5. The normalized spacial score (nSPS) is 11.2. The van der Waals surface area contributed by atoms with Crippen molar-refractivity contribution in [3.63, 3.8) is 0 Å². The molecule has 0 radical (unpaired) electrons. The Morgan fingerprint density at radius 1 is 0.923 bits per heavy atom. The lowest BCUT2D eigenvalue weighted by atomic mass is 10.1. The summed E-state index contributed by atoms with van der Waals surface area (Å²) in [6.45, 7) is 6.87. The van der Waals surface area contributed by atoms with E-state index in [2.05, 4.69) is 6.92 Å². The molecular formula is C22H40N2O2. The number of hydrogen-bond donors (Lipinski definition) is 1. The van der Waals surface area contributed by atoms with E-state index in [1.807, 2.05) is 37.4 Å². The van der Waals surface area contributed by atoms with E-state index in [1.165, 1.54) is 57.8 Å². The van der Waals surface area contributed by atoms with Crippen LogP contribution in [0.25, 0.3) is 0 Å². The molecule has 0 fully saturated rings. The summed E-state index contributed by atoms with van der Waals surface area (Å²) in [5.41, 5.74) is 3.36. The first-order valence-electron chi connectivity index (χ1n) is 10.5. The number of aliphatic hydroxyl groups is 1. The van der Waals surface area contributed by atoms with Crippen LogP contribution >= 0.6 is 0 Å². The summed E-state index contributed by atoms with van der Waals surface area (Å²) in [6, 6.07) is 0. The van der Waals surface area contributed by atoms with Gasteiger partial charge < -0.3 is 14.6 Å². The maximum Gasteiger partial charge on any atom is 0.255 e. The molecule has 1 amide bonds. The highest BCUT2D eigenvalue weighted by Gasteiger charge is 2.23. The molecule has 0 saturated heterocycles. The number of hydrogen-bond acceptors (Lipinski definition) is 2. The number of nitrogens with zero attached hydrogens (tertiary/aromatic N) is 2. The molecule has 0 atom stereocenters. The van der Waals surface area contributed by atoms with Crippen molar-refractivity contribution in [1.29, 1.82) is 0 Å². The predicted molar refractivity (Wildman–Crippen MR) is 110 cm³/mol. The molecule has 0 aliphatic heterocycles. The number of aliphatic hydroxyl groups excluding tert-OH is 1. The van der Waals surface area contributed by atoms with Crippen LogP contribution in [0.5, 0.6) is 0 Å². The lowest BCUT2D eigenvalue weighted by Crippen LogP contribution is -2.29. The molecule has 1 heterocycles. The summed E-state index contributed by atoms with van der Waals surface area (Å²) >= 11 is 0. The van der Waals surface area contributed by atoms with Gasteiger partial charge in [0, 0.05) is 37.6 Å². The number of rotatable bonds is 13. The molecule has 0 aliphatic rings. The van der Waals surface area contributed by atoms with E-state index in [0.717, 1.165) is 29.9 Å². The molecule has 26 heavy (non-hydrogen) atoms. The number of aromatic nitrogens is 1. The largest absolute Gasteiger partial charge is 0.392 e. The average Bonchev–Trinajstić information content (AvgIpc) is 2.85. The van der Waals surface area contributed by atoms with E-state index in [-0.39, 0.29) is 12.5 Å². The number of unbranched alkanes of at least 4 members (excludes halogenated alkanes) is 9. The van der Waals surface area contributed by atoms with Gasteiger partial charge in [-0.2, -0.15) is 0 Å². The molecule has 1 rings (SSSR count). The minimum absolute atomic E-state index is 0.0335. The fourth-order valence-electron chi connectivity index (χ4n) is 3.63. The van der Waals surface area contributed by atoms with Crippen molar-refractivity contribution < 1.29 is 9.90 Å². The highest BCUT2D eigenvalue weighted by Crippen LogP contribution is 2.23. The van der Waals surface area contributed by atoms with Crippen molar-refractivity contribution >= 4 is 5.91 Å². The average molecular weight is 365 g/mol. The monoisotopic (exact) mass is 364 g/mol. The second-order valence-corrected chi connectivity index (χ2v) is 7.65. The summed E-state index contributed by atoms with van der Waals surface area (Å²) in [5.74, 6) is 0.0335. The van der Waals surface area contributed by atoms with E-state index < -0.39 is 0 Å². The first kappa shape index (κ1) is 22.8. The van der Waals surface area contributed by atoms with Gasteiger partial charge >= 0.3 is 0 Å². The molecule has 1 aromatic heterocycles. The van der Waals surface area contributed by atoms with Crippen molar-refractivity contribution in [3.05, 3.63) is 22.5 Å². The lowest BCUT2D eigenvalue weighted by molar-refractivity contribution is 0.0788. The van der Waals surface area contributed by atoms with Gasteiger partial charge in [-0.25, -0.2) is 0 Å². The second-order valence-electron chi connectivity index (χ2n) is 7.65. The highest BCUT2D eigenvalue weighted by molar-refractivity contribution is 5.97. The van der Waals surface area contributed by atoms with Crippen molar-refractivity contribution in [3.8, 4) is 0 Å². The molecule has 0 saturated carbocycles. The van der Waals surface area contributed by atoms with Crippen molar-refractivity contribution in [2.75, 3.05) is 13.6 Å². The van der Waals surface area contributed by atoms with Gasteiger partial charge in [-0.1, -0.05) is 64.7 Å². The van der Waals surface area contributed by atoms with Crippen LogP contribution in [0.1, 0.15) is 98.4 Å².